The second-order valence-electron chi connectivity index (χ2n) is 2.79. The van der Waals surface area contributed by atoms with Crippen molar-refractivity contribution >= 4 is 27.4 Å². The molecule has 2 N–H and O–H groups in total. The fourth-order valence-electron chi connectivity index (χ4n) is 1.11. The second-order valence-corrected chi connectivity index (χ2v) is 4.54. The van der Waals surface area contributed by atoms with Crippen LogP contribution in [0, 0.1) is 0 Å². The fraction of sp³-hybridized carbons (Fsp3) is 0.250. The molecule has 0 fully saturated rings. The van der Waals surface area contributed by atoms with Crippen LogP contribution in [0.5, 0.6) is 0 Å². The van der Waals surface area contributed by atoms with Crippen LogP contribution in [0.4, 0.5) is 5.69 Å². The van der Waals surface area contributed by atoms with E-state index in [-0.39, 0.29) is 40.3 Å². The maximum absolute atomic E-state index is 10.7. The Bertz CT molecular complexity index is 461. The third-order valence-electron chi connectivity index (χ3n) is 1.83. The molecule has 0 bridgehead atoms. The van der Waals surface area contributed by atoms with Gasteiger partial charge in [0.05, 0.1) is 4.90 Å². The van der Waals surface area contributed by atoms with Gasteiger partial charge in [-0.3, -0.25) is 0 Å². The number of rotatable bonds is 2. The minimum Gasteiger partial charge on any atom is -0.744 e. The average Bonchev–Trinajstić information content (AvgIpc) is 2.06. The van der Waals surface area contributed by atoms with Crippen molar-refractivity contribution in [2.24, 2.45) is 0 Å². The summed E-state index contributed by atoms with van der Waals surface area (Å²) in [7, 11) is -4.54. The summed E-state index contributed by atoms with van der Waals surface area (Å²) >= 11 is 5.75. The third kappa shape index (κ3) is 3.62. The Balaban J connectivity index is 0.00000196. The van der Waals surface area contributed by atoms with Gasteiger partial charge in [0.15, 0.2) is 0 Å². The minimum atomic E-state index is -4.54. The number of halogens is 1. The summed E-state index contributed by atoms with van der Waals surface area (Å²) in [5, 5.41) is 0.246. The van der Waals surface area contributed by atoms with Crippen LogP contribution in [0.3, 0.4) is 0 Å². The Hall–Kier alpha value is 0.220. The predicted octanol–water partition coefficient (Wildman–Crippen LogP) is -1.61. The molecule has 7 heteroatoms. The molecule has 0 aromatic heterocycles. The van der Waals surface area contributed by atoms with Gasteiger partial charge in [-0.1, -0.05) is 18.5 Å². The first-order valence-electron chi connectivity index (χ1n) is 3.90. The molecular weight excluding hydrogens is 249 g/mol. The van der Waals surface area contributed by atoms with Gasteiger partial charge in [0.1, 0.15) is 10.1 Å². The first kappa shape index (κ1) is 15.2. The first-order valence-corrected chi connectivity index (χ1v) is 5.68. The summed E-state index contributed by atoms with van der Waals surface area (Å²) in [6.45, 7) is 1.85. The Morgan fingerprint density at radius 1 is 1.47 bits per heavy atom. The fourth-order valence-corrected chi connectivity index (χ4v) is 2.08. The number of anilines is 1. The molecule has 15 heavy (non-hydrogen) atoms. The summed E-state index contributed by atoms with van der Waals surface area (Å²) in [5.74, 6) is 0. The van der Waals surface area contributed by atoms with E-state index >= 15 is 0 Å². The molecule has 4 nitrogen and oxygen atoms in total. The van der Waals surface area contributed by atoms with Crippen LogP contribution >= 0.6 is 11.6 Å². The van der Waals surface area contributed by atoms with Crippen molar-refractivity contribution < 1.29 is 42.5 Å². The van der Waals surface area contributed by atoms with E-state index < -0.39 is 15.0 Å². The maximum Gasteiger partial charge on any atom is 1.00 e. The molecule has 0 spiro atoms. The van der Waals surface area contributed by atoms with Gasteiger partial charge in [0.25, 0.3) is 0 Å². The molecule has 78 valence electrons. The van der Waals surface area contributed by atoms with Crippen LogP contribution in [-0.4, -0.2) is 13.0 Å². The molecule has 0 aliphatic carbocycles. The van der Waals surface area contributed by atoms with E-state index in [2.05, 4.69) is 0 Å². The number of hydrogen-bond acceptors (Lipinski definition) is 4. The second kappa shape index (κ2) is 5.52. The standard InChI is InChI=1S/C8H10ClNO3S.Na/c1-2-5-3-7(10)8(4-6(5)9)14(11,12)13;/h3-4H,2,10H2,1H3,(H,11,12,13);/q;+1/p-1. The zero-order chi connectivity index (χ0) is 10.9. The molecule has 0 atom stereocenters. The van der Waals surface area contributed by atoms with Crippen LogP contribution in [0.25, 0.3) is 0 Å². The van der Waals surface area contributed by atoms with Gasteiger partial charge in [0.2, 0.25) is 0 Å². The smallest absolute Gasteiger partial charge is 0.744 e. The van der Waals surface area contributed by atoms with E-state index in [0.717, 1.165) is 11.6 Å². The Morgan fingerprint density at radius 2 is 2.00 bits per heavy atom. The molecule has 0 unspecified atom stereocenters. The van der Waals surface area contributed by atoms with Crippen LogP contribution in [0.1, 0.15) is 12.5 Å². The van der Waals surface area contributed by atoms with Crippen molar-refractivity contribution in [3.63, 3.8) is 0 Å². The monoisotopic (exact) mass is 257 g/mol. The van der Waals surface area contributed by atoms with E-state index in [1.807, 2.05) is 6.92 Å². The van der Waals surface area contributed by atoms with Crippen molar-refractivity contribution in [1.29, 1.82) is 0 Å². The van der Waals surface area contributed by atoms with Crippen molar-refractivity contribution in [3.05, 3.63) is 22.7 Å². The quantitative estimate of drug-likeness (QED) is 0.393. The van der Waals surface area contributed by atoms with E-state index in [0.29, 0.717) is 6.42 Å². The summed E-state index contributed by atoms with van der Waals surface area (Å²) in [4.78, 5) is -0.459. The van der Waals surface area contributed by atoms with E-state index in [9.17, 15) is 13.0 Å². The molecular formula is C8H9ClNNaO3S. The van der Waals surface area contributed by atoms with Crippen molar-refractivity contribution in [2.75, 3.05) is 5.73 Å². The summed E-state index contributed by atoms with van der Waals surface area (Å²) in [5.41, 5.74) is 6.08. The molecule has 1 aromatic carbocycles. The molecule has 0 radical (unpaired) electrons. The van der Waals surface area contributed by atoms with Gasteiger partial charge in [-0.15, -0.1) is 0 Å². The number of nitrogen functional groups attached to an aromatic ring is 1. The topological polar surface area (TPSA) is 83.2 Å². The number of aryl methyl sites for hydroxylation is 1. The molecule has 0 aliphatic rings. The van der Waals surface area contributed by atoms with Gasteiger partial charge < -0.3 is 10.3 Å². The summed E-state index contributed by atoms with van der Waals surface area (Å²) < 4.78 is 32.1. The SMILES string of the molecule is CCc1cc(N)c(S(=O)(=O)[O-])cc1Cl.[Na+]. The zero-order valence-corrected chi connectivity index (χ0v) is 12.0. The largest absolute Gasteiger partial charge is 1.00 e. The van der Waals surface area contributed by atoms with Crippen LogP contribution < -0.4 is 35.3 Å². The Kier molecular flexibility index (Phi) is 5.60. The first-order chi connectivity index (χ1) is 6.36. The Morgan fingerprint density at radius 3 is 2.40 bits per heavy atom. The van der Waals surface area contributed by atoms with E-state index in [1.54, 1.807) is 0 Å². The third-order valence-corrected chi connectivity index (χ3v) is 3.07. The Labute approximate surface area is 116 Å². The summed E-state index contributed by atoms with van der Waals surface area (Å²) in [6, 6.07) is 2.51. The molecule has 1 rings (SSSR count). The molecule has 0 saturated heterocycles. The van der Waals surface area contributed by atoms with Gasteiger partial charge >= 0.3 is 29.6 Å². The number of benzene rings is 1. The average molecular weight is 258 g/mol. The van der Waals surface area contributed by atoms with Crippen LogP contribution in [0.2, 0.25) is 5.02 Å². The normalized spacial score (nSPS) is 10.9. The van der Waals surface area contributed by atoms with Crippen molar-refractivity contribution in [3.8, 4) is 0 Å². The van der Waals surface area contributed by atoms with Gasteiger partial charge in [-0.05, 0) is 24.1 Å². The van der Waals surface area contributed by atoms with Crippen molar-refractivity contribution in [2.45, 2.75) is 18.2 Å². The van der Waals surface area contributed by atoms with Crippen LogP contribution in [0.15, 0.2) is 17.0 Å². The number of nitrogens with two attached hydrogens (primary N) is 1. The van der Waals surface area contributed by atoms with E-state index in [1.165, 1.54) is 6.07 Å². The molecule has 1 aromatic rings. The molecule has 0 heterocycles. The zero-order valence-electron chi connectivity index (χ0n) is 8.45. The summed E-state index contributed by atoms with van der Waals surface area (Å²) in [6.07, 6.45) is 0.627. The van der Waals surface area contributed by atoms with Crippen LogP contribution in [-0.2, 0) is 16.5 Å². The van der Waals surface area contributed by atoms with Gasteiger partial charge in [-0.2, -0.15) is 0 Å². The molecule has 0 amide bonds. The maximum atomic E-state index is 10.7. The predicted molar refractivity (Wildman–Crippen MR) is 53.2 cm³/mol. The molecule has 0 saturated carbocycles. The van der Waals surface area contributed by atoms with E-state index in [4.69, 9.17) is 17.3 Å². The number of hydrogen-bond donors (Lipinski definition) is 1. The van der Waals surface area contributed by atoms with Gasteiger partial charge in [-0.25, -0.2) is 8.42 Å². The minimum absolute atomic E-state index is 0. The van der Waals surface area contributed by atoms with Gasteiger partial charge in [0, 0.05) is 10.7 Å². The molecule has 0 aliphatic heterocycles. The van der Waals surface area contributed by atoms with Crippen molar-refractivity contribution in [1.82, 2.24) is 0 Å².